The Hall–Kier alpha value is -0.650. The normalized spacial score (nSPS) is 19.8. The molecule has 0 radical (unpaired) electrons. The van der Waals surface area contributed by atoms with Crippen LogP contribution in [0.25, 0.3) is 0 Å². The molecule has 16 heavy (non-hydrogen) atoms. The van der Waals surface area contributed by atoms with E-state index in [1.807, 2.05) is 25.7 Å². The zero-order valence-corrected chi connectivity index (χ0v) is 10.4. The van der Waals surface area contributed by atoms with Crippen LogP contribution in [0.5, 0.6) is 0 Å². The first-order valence-corrected chi connectivity index (χ1v) is 5.68. The molecule has 5 nitrogen and oxygen atoms in total. The van der Waals surface area contributed by atoms with Gasteiger partial charge in [0, 0.05) is 26.2 Å². The van der Waals surface area contributed by atoms with E-state index in [0.29, 0.717) is 6.54 Å². The number of esters is 1. The summed E-state index contributed by atoms with van der Waals surface area (Å²) in [5.41, 5.74) is -0.413. The van der Waals surface area contributed by atoms with Gasteiger partial charge in [0.25, 0.3) is 0 Å². The molecule has 1 fully saturated rings. The molecule has 1 aliphatic heterocycles. The lowest BCUT2D eigenvalue weighted by atomic mass is 10.2. The smallest absolute Gasteiger partial charge is 0.320 e. The summed E-state index contributed by atoms with van der Waals surface area (Å²) < 4.78 is 5.25. The van der Waals surface area contributed by atoms with Crippen LogP contribution >= 0.6 is 0 Å². The monoisotopic (exact) mass is 230 g/mol. The quantitative estimate of drug-likeness (QED) is 0.686. The van der Waals surface area contributed by atoms with Gasteiger partial charge in [-0.25, -0.2) is 0 Å². The molecule has 0 saturated carbocycles. The third-order valence-corrected chi connectivity index (χ3v) is 2.44. The summed E-state index contributed by atoms with van der Waals surface area (Å²) in [6, 6.07) is 0. The molecule has 0 aromatic heterocycles. The zero-order chi connectivity index (χ0) is 12.2. The van der Waals surface area contributed by atoms with Gasteiger partial charge in [-0.3, -0.25) is 14.6 Å². The SMILES string of the molecule is CC(C)(C)OC(=O)CN1CCN(CO)CC1. The lowest BCUT2D eigenvalue weighted by molar-refractivity contribution is -0.156. The van der Waals surface area contributed by atoms with Crippen LogP contribution in [0, 0.1) is 0 Å². The van der Waals surface area contributed by atoms with Gasteiger partial charge in [-0.05, 0) is 20.8 Å². The highest BCUT2D eigenvalue weighted by molar-refractivity contribution is 5.72. The molecular formula is C11H22N2O3. The number of aliphatic hydroxyl groups excluding tert-OH is 1. The van der Waals surface area contributed by atoms with Crippen LogP contribution in [0.2, 0.25) is 0 Å². The third kappa shape index (κ3) is 4.92. The van der Waals surface area contributed by atoms with Crippen molar-refractivity contribution in [2.45, 2.75) is 26.4 Å². The van der Waals surface area contributed by atoms with Crippen LogP contribution in [0.15, 0.2) is 0 Å². The van der Waals surface area contributed by atoms with Gasteiger partial charge in [0.15, 0.2) is 0 Å². The highest BCUT2D eigenvalue weighted by Gasteiger charge is 2.21. The maximum atomic E-state index is 11.6. The van der Waals surface area contributed by atoms with Gasteiger partial charge in [-0.2, -0.15) is 0 Å². The Kier molecular flexibility index (Phi) is 4.70. The van der Waals surface area contributed by atoms with Gasteiger partial charge < -0.3 is 9.84 Å². The molecule has 0 atom stereocenters. The van der Waals surface area contributed by atoms with E-state index in [4.69, 9.17) is 9.84 Å². The van der Waals surface area contributed by atoms with E-state index in [-0.39, 0.29) is 12.7 Å². The van der Waals surface area contributed by atoms with Crippen LogP contribution in [-0.4, -0.2) is 65.9 Å². The first-order valence-electron chi connectivity index (χ1n) is 5.68. The van der Waals surface area contributed by atoms with Crippen molar-refractivity contribution in [3.05, 3.63) is 0 Å². The molecule has 94 valence electrons. The lowest BCUT2D eigenvalue weighted by Gasteiger charge is -2.33. The number of hydrogen-bond acceptors (Lipinski definition) is 5. The number of carbonyl (C=O) groups is 1. The maximum absolute atomic E-state index is 11.6. The van der Waals surface area contributed by atoms with Crippen molar-refractivity contribution < 1.29 is 14.6 Å². The number of carbonyl (C=O) groups excluding carboxylic acids is 1. The molecule has 0 unspecified atom stereocenters. The summed E-state index contributed by atoms with van der Waals surface area (Å²) in [4.78, 5) is 15.6. The predicted molar refractivity (Wildman–Crippen MR) is 60.9 cm³/mol. The van der Waals surface area contributed by atoms with Crippen LogP contribution in [0.1, 0.15) is 20.8 Å². The van der Waals surface area contributed by atoms with Crippen molar-refractivity contribution in [2.75, 3.05) is 39.5 Å². The first-order chi connectivity index (χ1) is 7.40. The third-order valence-electron chi connectivity index (χ3n) is 2.44. The number of hydrogen-bond donors (Lipinski definition) is 1. The summed E-state index contributed by atoms with van der Waals surface area (Å²) in [5, 5.41) is 8.93. The van der Waals surface area contributed by atoms with Crippen LogP contribution in [0.4, 0.5) is 0 Å². The van der Waals surface area contributed by atoms with Gasteiger partial charge in [-0.1, -0.05) is 0 Å². The minimum absolute atomic E-state index is 0.0975. The van der Waals surface area contributed by atoms with Gasteiger partial charge in [0.05, 0.1) is 13.3 Å². The predicted octanol–water partition coefficient (Wildman–Crippen LogP) is -0.104. The number of piperazine rings is 1. The molecule has 0 aromatic rings. The Bertz CT molecular complexity index is 230. The average molecular weight is 230 g/mol. The molecule has 5 heteroatoms. The van der Waals surface area contributed by atoms with E-state index < -0.39 is 5.60 Å². The Labute approximate surface area is 97.0 Å². The van der Waals surface area contributed by atoms with E-state index in [1.165, 1.54) is 0 Å². The van der Waals surface area contributed by atoms with Crippen molar-refractivity contribution in [2.24, 2.45) is 0 Å². The van der Waals surface area contributed by atoms with E-state index >= 15 is 0 Å². The van der Waals surface area contributed by atoms with Gasteiger partial charge >= 0.3 is 5.97 Å². The largest absolute Gasteiger partial charge is 0.459 e. The minimum Gasteiger partial charge on any atom is -0.459 e. The van der Waals surface area contributed by atoms with Crippen molar-refractivity contribution >= 4 is 5.97 Å². The fraction of sp³-hybridized carbons (Fsp3) is 0.909. The number of ether oxygens (including phenoxy) is 1. The van der Waals surface area contributed by atoms with Crippen LogP contribution < -0.4 is 0 Å². The molecule has 1 heterocycles. The van der Waals surface area contributed by atoms with Crippen molar-refractivity contribution in [3.63, 3.8) is 0 Å². The Morgan fingerprint density at radius 2 is 1.69 bits per heavy atom. The van der Waals surface area contributed by atoms with Crippen molar-refractivity contribution in [1.82, 2.24) is 9.80 Å². The van der Waals surface area contributed by atoms with Gasteiger partial charge in [-0.15, -0.1) is 0 Å². The summed E-state index contributed by atoms with van der Waals surface area (Å²) in [6.45, 7) is 9.27. The summed E-state index contributed by atoms with van der Waals surface area (Å²) >= 11 is 0. The average Bonchev–Trinajstić information content (AvgIpc) is 2.16. The molecule has 0 spiro atoms. The molecule has 0 amide bonds. The fourth-order valence-corrected chi connectivity index (χ4v) is 1.65. The van der Waals surface area contributed by atoms with Crippen LogP contribution in [0.3, 0.4) is 0 Å². The second-order valence-corrected chi connectivity index (χ2v) is 5.12. The standard InChI is InChI=1S/C11H22N2O3/c1-11(2,3)16-10(15)8-12-4-6-13(9-14)7-5-12/h14H,4-9H2,1-3H3. The molecule has 1 rings (SSSR count). The molecule has 1 N–H and O–H groups in total. The maximum Gasteiger partial charge on any atom is 0.320 e. The lowest BCUT2D eigenvalue weighted by Crippen LogP contribution is -2.48. The zero-order valence-electron chi connectivity index (χ0n) is 10.4. The topological polar surface area (TPSA) is 53.0 Å². The highest BCUT2D eigenvalue weighted by Crippen LogP contribution is 2.08. The Balaban J connectivity index is 2.26. The molecule has 1 aliphatic rings. The second-order valence-electron chi connectivity index (χ2n) is 5.12. The molecular weight excluding hydrogens is 208 g/mol. The van der Waals surface area contributed by atoms with Crippen molar-refractivity contribution in [1.29, 1.82) is 0 Å². The molecule has 0 aliphatic carbocycles. The van der Waals surface area contributed by atoms with Gasteiger partial charge in [0.2, 0.25) is 0 Å². The summed E-state index contributed by atoms with van der Waals surface area (Å²) in [7, 11) is 0. The van der Waals surface area contributed by atoms with E-state index in [0.717, 1.165) is 26.2 Å². The van der Waals surface area contributed by atoms with E-state index in [1.54, 1.807) is 0 Å². The molecule has 1 saturated heterocycles. The summed E-state index contributed by atoms with van der Waals surface area (Å²) in [6.07, 6.45) is 0. The second kappa shape index (κ2) is 5.61. The van der Waals surface area contributed by atoms with E-state index in [2.05, 4.69) is 4.90 Å². The Morgan fingerprint density at radius 3 is 2.12 bits per heavy atom. The number of aliphatic hydroxyl groups is 1. The highest BCUT2D eigenvalue weighted by atomic mass is 16.6. The number of rotatable bonds is 3. The first kappa shape index (κ1) is 13.4. The Morgan fingerprint density at radius 1 is 1.19 bits per heavy atom. The minimum atomic E-state index is -0.413. The fourth-order valence-electron chi connectivity index (χ4n) is 1.65. The molecule has 0 bridgehead atoms. The van der Waals surface area contributed by atoms with Crippen LogP contribution in [-0.2, 0) is 9.53 Å². The summed E-state index contributed by atoms with van der Waals surface area (Å²) in [5.74, 6) is -0.176. The van der Waals surface area contributed by atoms with E-state index in [9.17, 15) is 4.79 Å². The van der Waals surface area contributed by atoms with Gasteiger partial charge in [0.1, 0.15) is 5.60 Å². The number of nitrogens with zero attached hydrogens (tertiary/aromatic N) is 2. The van der Waals surface area contributed by atoms with Crippen molar-refractivity contribution in [3.8, 4) is 0 Å². The molecule has 0 aromatic carbocycles.